The van der Waals surface area contributed by atoms with Gasteiger partial charge in [-0.25, -0.2) is 4.79 Å². The van der Waals surface area contributed by atoms with E-state index in [9.17, 15) is 18.0 Å². The number of hydrogen-bond donors (Lipinski definition) is 0. The number of benzene rings is 1. The van der Waals surface area contributed by atoms with Crippen LogP contribution >= 0.6 is 0 Å². The Morgan fingerprint density at radius 3 is 2.67 bits per heavy atom. The summed E-state index contributed by atoms with van der Waals surface area (Å²) in [4.78, 5) is 10.9. The molecule has 0 aromatic heterocycles. The minimum atomic E-state index is -4.78. The van der Waals surface area contributed by atoms with Crippen molar-refractivity contribution in [1.29, 1.82) is 0 Å². The number of carbonyl (C=O) groups excluding carboxylic acids is 1. The van der Waals surface area contributed by atoms with Crippen LogP contribution in [0.2, 0.25) is 0 Å². The zero-order valence-corrected chi connectivity index (χ0v) is 7.59. The van der Waals surface area contributed by atoms with E-state index in [1.165, 1.54) is 0 Å². The maximum absolute atomic E-state index is 11.8. The molecule has 81 valence electrons. The molecule has 0 atom stereocenters. The van der Waals surface area contributed by atoms with Gasteiger partial charge in [0, 0.05) is 0 Å². The zero-order chi connectivity index (χ0) is 11.5. The van der Waals surface area contributed by atoms with Crippen molar-refractivity contribution in [1.82, 2.24) is 0 Å². The van der Waals surface area contributed by atoms with Gasteiger partial charge in [0.1, 0.15) is 5.75 Å². The van der Waals surface area contributed by atoms with Crippen LogP contribution in [0.5, 0.6) is 5.75 Å². The summed E-state index contributed by atoms with van der Waals surface area (Å²) < 4.78 is 43.3. The third kappa shape index (κ3) is 3.49. The molecule has 1 rings (SSSR count). The van der Waals surface area contributed by atoms with Crippen LogP contribution < -0.4 is 4.74 Å². The van der Waals surface area contributed by atoms with E-state index in [1.54, 1.807) is 0 Å². The van der Waals surface area contributed by atoms with Gasteiger partial charge in [0.25, 0.3) is 0 Å². The Morgan fingerprint density at radius 2 is 2.13 bits per heavy atom. The highest BCUT2D eigenvalue weighted by Crippen LogP contribution is 2.23. The van der Waals surface area contributed by atoms with Crippen LogP contribution in [0, 0.1) is 6.07 Å². The van der Waals surface area contributed by atoms with Crippen molar-refractivity contribution in [2.75, 3.05) is 7.11 Å². The lowest BCUT2D eigenvalue weighted by atomic mass is 10.2. The van der Waals surface area contributed by atoms with Gasteiger partial charge in [0.15, 0.2) is 0 Å². The largest absolute Gasteiger partial charge is 0.573 e. The van der Waals surface area contributed by atoms with E-state index >= 15 is 0 Å². The summed E-state index contributed by atoms with van der Waals surface area (Å²) in [5, 5.41) is 0. The fraction of sp³-hybridized carbons (Fsp3) is 0.222. The molecule has 0 fully saturated rings. The molecule has 0 aliphatic heterocycles. The van der Waals surface area contributed by atoms with Crippen molar-refractivity contribution >= 4 is 5.97 Å². The fourth-order valence-corrected chi connectivity index (χ4v) is 0.871. The predicted octanol–water partition coefficient (Wildman–Crippen LogP) is 2.17. The molecular formula is C9H6F3O3. The Morgan fingerprint density at radius 1 is 1.47 bits per heavy atom. The van der Waals surface area contributed by atoms with Crippen LogP contribution in [0.25, 0.3) is 0 Å². The number of methoxy groups -OCH3 is 1. The number of hydrogen-bond acceptors (Lipinski definition) is 3. The van der Waals surface area contributed by atoms with Crippen LogP contribution in [0.15, 0.2) is 18.2 Å². The van der Waals surface area contributed by atoms with Gasteiger partial charge in [-0.2, -0.15) is 0 Å². The van der Waals surface area contributed by atoms with Crippen molar-refractivity contribution in [3.63, 3.8) is 0 Å². The molecule has 3 nitrogen and oxygen atoms in total. The van der Waals surface area contributed by atoms with Crippen LogP contribution in [-0.4, -0.2) is 19.4 Å². The summed E-state index contributed by atoms with van der Waals surface area (Å²) in [5.41, 5.74) is -0.126. The highest BCUT2D eigenvalue weighted by Gasteiger charge is 2.31. The van der Waals surface area contributed by atoms with E-state index in [0.717, 1.165) is 25.3 Å². The number of halogens is 3. The van der Waals surface area contributed by atoms with Crippen molar-refractivity contribution in [3.8, 4) is 5.75 Å². The Kier molecular flexibility index (Phi) is 3.18. The van der Waals surface area contributed by atoms with E-state index in [0.29, 0.717) is 0 Å². The Balaban J connectivity index is 2.88. The summed E-state index contributed by atoms with van der Waals surface area (Å²) in [7, 11) is 1.12. The smallest absolute Gasteiger partial charge is 0.465 e. The third-order valence-corrected chi connectivity index (χ3v) is 1.41. The van der Waals surface area contributed by atoms with Crippen LogP contribution in [0.4, 0.5) is 13.2 Å². The van der Waals surface area contributed by atoms with E-state index in [2.05, 4.69) is 15.5 Å². The Bertz CT molecular complexity index is 360. The van der Waals surface area contributed by atoms with Gasteiger partial charge < -0.3 is 9.47 Å². The standard InChI is InChI=1S/C9H6F3O3/c1-14-8(13)6-3-2-4-7(5-6)15-9(10,11)12/h2,4-5H,1H3. The first-order valence-electron chi connectivity index (χ1n) is 3.78. The molecule has 0 aliphatic rings. The molecule has 0 aliphatic carbocycles. The van der Waals surface area contributed by atoms with Crippen molar-refractivity contribution < 1.29 is 27.4 Å². The molecular weight excluding hydrogens is 213 g/mol. The van der Waals surface area contributed by atoms with Gasteiger partial charge in [0.05, 0.1) is 12.7 Å². The molecule has 0 heterocycles. The maximum Gasteiger partial charge on any atom is 0.573 e. The SMILES string of the molecule is COC(=O)c1[c]ccc(OC(F)(F)F)c1. The molecule has 6 heteroatoms. The zero-order valence-electron chi connectivity index (χ0n) is 7.59. The Hall–Kier alpha value is -1.72. The summed E-state index contributed by atoms with van der Waals surface area (Å²) in [5.74, 6) is -1.26. The van der Waals surface area contributed by atoms with Gasteiger partial charge in [-0.15, -0.1) is 13.2 Å². The second kappa shape index (κ2) is 4.20. The van der Waals surface area contributed by atoms with Crippen molar-refractivity contribution in [3.05, 3.63) is 29.8 Å². The molecule has 15 heavy (non-hydrogen) atoms. The summed E-state index contributed by atoms with van der Waals surface area (Å²) in [6.45, 7) is 0. The number of ether oxygens (including phenoxy) is 2. The first-order chi connectivity index (χ1) is 6.92. The number of esters is 1. The second-order valence-corrected chi connectivity index (χ2v) is 2.48. The highest BCUT2D eigenvalue weighted by molar-refractivity contribution is 5.89. The first-order valence-corrected chi connectivity index (χ1v) is 3.78. The first kappa shape index (κ1) is 11.4. The lowest BCUT2D eigenvalue weighted by molar-refractivity contribution is -0.274. The lowest BCUT2D eigenvalue weighted by Crippen LogP contribution is -2.17. The quantitative estimate of drug-likeness (QED) is 0.715. The molecule has 0 amide bonds. The fourth-order valence-electron chi connectivity index (χ4n) is 0.871. The molecule has 1 radical (unpaired) electrons. The molecule has 1 aromatic rings. The monoisotopic (exact) mass is 219 g/mol. The average molecular weight is 219 g/mol. The molecule has 0 saturated heterocycles. The van der Waals surface area contributed by atoms with E-state index in [4.69, 9.17) is 0 Å². The van der Waals surface area contributed by atoms with E-state index < -0.39 is 18.1 Å². The lowest BCUT2D eigenvalue weighted by Gasteiger charge is -2.08. The Labute approximate surface area is 83.4 Å². The molecule has 0 unspecified atom stereocenters. The third-order valence-electron chi connectivity index (χ3n) is 1.41. The number of rotatable bonds is 2. The van der Waals surface area contributed by atoms with Crippen LogP contribution in [0.1, 0.15) is 10.4 Å². The van der Waals surface area contributed by atoms with Gasteiger partial charge in [-0.1, -0.05) is 0 Å². The number of alkyl halides is 3. The van der Waals surface area contributed by atoms with Crippen LogP contribution in [-0.2, 0) is 4.74 Å². The summed E-state index contributed by atoms with van der Waals surface area (Å²) >= 11 is 0. The van der Waals surface area contributed by atoms with Crippen LogP contribution in [0.3, 0.4) is 0 Å². The molecule has 0 spiro atoms. The molecule has 1 aromatic carbocycles. The molecule has 0 bridgehead atoms. The van der Waals surface area contributed by atoms with Crippen molar-refractivity contribution in [2.45, 2.75) is 6.36 Å². The topological polar surface area (TPSA) is 35.5 Å². The van der Waals surface area contributed by atoms with Crippen molar-refractivity contribution in [2.24, 2.45) is 0 Å². The van der Waals surface area contributed by atoms with Gasteiger partial charge in [-0.05, 0) is 24.3 Å². The van der Waals surface area contributed by atoms with Gasteiger partial charge in [0.2, 0.25) is 0 Å². The van der Waals surface area contributed by atoms with E-state index in [1.807, 2.05) is 0 Å². The normalized spacial score (nSPS) is 10.9. The second-order valence-electron chi connectivity index (χ2n) is 2.48. The highest BCUT2D eigenvalue weighted by atomic mass is 19.4. The minimum absolute atomic E-state index is 0.126. The van der Waals surface area contributed by atoms with Gasteiger partial charge in [-0.3, -0.25) is 0 Å². The minimum Gasteiger partial charge on any atom is -0.465 e. The maximum atomic E-state index is 11.8. The average Bonchev–Trinajstić information content (AvgIpc) is 2.14. The van der Waals surface area contributed by atoms with E-state index in [-0.39, 0.29) is 5.56 Å². The molecule has 0 N–H and O–H groups in total. The predicted molar refractivity (Wildman–Crippen MR) is 43.3 cm³/mol. The summed E-state index contributed by atoms with van der Waals surface area (Å²) in [6, 6.07) is 5.51. The molecule has 0 saturated carbocycles. The van der Waals surface area contributed by atoms with Gasteiger partial charge >= 0.3 is 12.3 Å². The summed E-state index contributed by atoms with van der Waals surface area (Å²) in [6.07, 6.45) is -4.78. The number of carbonyl (C=O) groups is 1.